The highest BCUT2D eigenvalue weighted by Gasteiger charge is 2.57. The highest BCUT2D eigenvalue weighted by Crippen LogP contribution is 2.65. The lowest BCUT2D eigenvalue weighted by atomic mass is 9.45. The molecule has 4 aliphatic carbocycles. The van der Waals surface area contributed by atoms with Gasteiger partial charge >= 0.3 is 0 Å². The van der Waals surface area contributed by atoms with Crippen LogP contribution < -0.4 is 0 Å². The fraction of sp³-hybridized carbons (Fsp3) is 0.846. The van der Waals surface area contributed by atoms with Crippen LogP contribution in [0, 0.1) is 17.3 Å². The average molecular weight is 269 g/mol. The van der Waals surface area contributed by atoms with Gasteiger partial charge in [-0.25, -0.2) is 4.98 Å². The van der Waals surface area contributed by atoms with Crippen LogP contribution in [0.2, 0.25) is 5.28 Å². The molecule has 5 rings (SSSR count). The molecule has 1 aromatic rings. The topological polar surface area (TPSA) is 25.8 Å². The van der Waals surface area contributed by atoms with Gasteiger partial charge < -0.3 is 0 Å². The summed E-state index contributed by atoms with van der Waals surface area (Å²) in [6.45, 7) is 2.49. The Bertz CT molecular complexity index is 456. The molecule has 4 bridgehead atoms. The highest BCUT2D eigenvalue weighted by molar-refractivity contribution is 7.05. The van der Waals surface area contributed by atoms with Gasteiger partial charge in [0, 0.05) is 5.41 Å². The Balaban J connectivity index is 1.79. The summed E-state index contributed by atoms with van der Waals surface area (Å²) in [6, 6.07) is 0. The molecule has 0 aliphatic heterocycles. The molecule has 0 radical (unpaired) electrons. The highest BCUT2D eigenvalue weighted by atomic mass is 35.5. The Morgan fingerprint density at radius 1 is 1.24 bits per heavy atom. The molecule has 1 aromatic heterocycles. The van der Waals surface area contributed by atoms with E-state index in [4.69, 9.17) is 11.6 Å². The molecule has 92 valence electrons. The van der Waals surface area contributed by atoms with Gasteiger partial charge in [-0.2, -0.15) is 4.37 Å². The van der Waals surface area contributed by atoms with Crippen molar-refractivity contribution in [1.82, 2.24) is 9.36 Å². The molecule has 2 nitrogen and oxygen atoms in total. The summed E-state index contributed by atoms with van der Waals surface area (Å²) in [7, 11) is 0. The zero-order chi connectivity index (χ0) is 11.7. The van der Waals surface area contributed by atoms with Gasteiger partial charge in [-0.1, -0.05) is 6.92 Å². The minimum Gasteiger partial charge on any atom is -0.209 e. The predicted molar refractivity (Wildman–Crippen MR) is 69.4 cm³/mol. The summed E-state index contributed by atoms with van der Waals surface area (Å²) in [4.78, 5) is 4.50. The molecule has 4 fully saturated rings. The Morgan fingerprint density at radius 2 is 1.94 bits per heavy atom. The summed E-state index contributed by atoms with van der Waals surface area (Å²) in [6.07, 6.45) is 8.34. The van der Waals surface area contributed by atoms with Crippen molar-refractivity contribution in [2.75, 3.05) is 0 Å². The van der Waals surface area contributed by atoms with Crippen molar-refractivity contribution in [3.63, 3.8) is 0 Å². The minimum atomic E-state index is 0.337. The van der Waals surface area contributed by atoms with Crippen LogP contribution in [0.3, 0.4) is 0 Å². The van der Waals surface area contributed by atoms with Gasteiger partial charge in [-0.3, -0.25) is 0 Å². The molecule has 4 aliphatic rings. The Morgan fingerprint density at radius 3 is 2.47 bits per heavy atom. The van der Waals surface area contributed by atoms with E-state index >= 15 is 0 Å². The summed E-state index contributed by atoms with van der Waals surface area (Å²) in [5.41, 5.74) is 0.909. The van der Waals surface area contributed by atoms with Gasteiger partial charge in [0.25, 0.3) is 0 Å². The molecular weight excluding hydrogens is 252 g/mol. The number of rotatable bonds is 1. The van der Waals surface area contributed by atoms with Gasteiger partial charge in [0.05, 0.1) is 0 Å². The van der Waals surface area contributed by atoms with Crippen molar-refractivity contribution < 1.29 is 0 Å². The first kappa shape index (κ1) is 10.7. The first-order valence-electron chi connectivity index (χ1n) is 6.57. The van der Waals surface area contributed by atoms with Crippen LogP contribution >= 0.6 is 23.1 Å². The van der Waals surface area contributed by atoms with E-state index in [0.717, 1.165) is 11.8 Å². The summed E-state index contributed by atoms with van der Waals surface area (Å²) < 4.78 is 4.19. The monoisotopic (exact) mass is 268 g/mol. The average Bonchev–Trinajstić information content (AvgIpc) is 2.61. The lowest BCUT2D eigenvalue weighted by Gasteiger charge is -2.60. The number of halogens is 1. The van der Waals surface area contributed by atoms with Crippen molar-refractivity contribution in [2.24, 2.45) is 17.3 Å². The van der Waals surface area contributed by atoms with E-state index in [1.165, 1.54) is 43.5 Å². The summed E-state index contributed by atoms with van der Waals surface area (Å²) in [5, 5.41) is 1.67. The molecular formula is C13H17ClN2S. The lowest BCUT2D eigenvalue weighted by Crippen LogP contribution is -2.52. The fourth-order valence-electron chi connectivity index (χ4n) is 5.39. The third-order valence-corrected chi connectivity index (χ3v) is 6.44. The molecule has 0 spiro atoms. The van der Waals surface area contributed by atoms with Crippen LogP contribution in [0.25, 0.3) is 0 Å². The van der Waals surface area contributed by atoms with E-state index < -0.39 is 0 Å². The van der Waals surface area contributed by atoms with Crippen LogP contribution in [0.15, 0.2) is 0 Å². The van der Waals surface area contributed by atoms with Crippen LogP contribution in [-0.2, 0) is 5.41 Å². The number of aromatic nitrogens is 2. The molecule has 4 heteroatoms. The third-order valence-electron chi connectivity index (χ3n) is 5.21. The van der Waals surface area contributed by atoms with Crippen LogP contribution in [0.4, 0.5) is 0 Å². The normalized spacial score (nSPS) is 47.6. The second-order valence-corrected chi connectivity index (χ2v) is 8.01. The number of nitrogens with zero attached hydrogens (tertiary/aromatic N) is 2. The van der Waals surface area contributed by atoms with Gasteiger partial charge in [-0.05, 0) is 78.9 Å². The van der Waals surface area contributed by atoms with E-state index in [1.807, 2.05) is 0 Å². The van der Waals surface area contributed by atoms with E-state index in [1.54, 1.807) is 11.5 Å². The third kappa shape index (κ3) is 1.51. The van der Waals surface area contributed by atoms with Crippen LogP contribution in [0.1, 0.15) is 50.5 Å². The van der Waals surface area contributed by atoms with Crippen molar-refractivity contribution in [3.05, 3.63) is 10.3 Å². The Kier molecular flexibility index (Phi) is 2.05. The Labute approximate surface area is 111 Å². The Hall–Kier alpha value is -0.150. The molecule has 1 heterocycles. The van der Waals surface area contributed by atoms with Crippen molar-refractivity contribution >= 4 is 23.1 Å². The quantitative estimate of drug-likeness (QED) is 0.768. The number of hydrogen-bond donors (Lipinski definition) is 0. The van der Waals surface area contributed by atoms with Gasteiger partial charge in [0.15, 0.2) is 0 Å². The van der Waals surface area contributed by atoms with Crippen LogP contribution in [0.5, 0.6) is 0 Å². The van der Waals surface area contributed by atoms with Crippen LogP contribution in [-0.4, -0.2) is 9.36 Å². The first-order chi connectivity index (χ1) is 8.07. The second kappa shape index (κ2) is 3.24. The van der Waals surface area contributed by atoms with E-state index in [0.29, 0.717) is 16.1 Å². The molecule has 0 amide bonds. The minimum absolute atomic E-state index is 0.337. The molecule has 0 aromatic carbocycles. The zero-order valence-corrected chi connectivity index (χ0v) is 11.7. The molecule has 2 atom stereocenters. The predicted octanol–water partition coefficient (Wildman–Crippen LogP) is 4.05. The molecule has 0 N–H and O–H groups in total. The summed E-state index contributed by atoms with van der Waals surface area (Å²) >= 11 is 7.47. The standard InChI is InChI=1S/C13H17ClN2S/c1-12-3-8-2-9(4-12)6-13(5-8,7-12)10-15-11(14)16-17-10/h8-9H,2-7H2,1H3. The zero-order valence-electron chi connectivity index (χ0n) is 10.1. The second-order valence-electron chi connectivity index (χ2n) is 6.92. The number of hydrogen-bond acceptors (Lipinski definition) is 3. The van der Waals surface area contributed by atoms with Crippen molar-refractivity contribution in [2.45, 2.75) is 50.9 Å². The maximum atomic E-state index is 5.92. The van der Waals surface area contributed by atoms with Crippen molar-refractivity contribution in [3.8, 4) is 0 Å². The van der Waals surface area contributed by atoms with Crippen molar-refractivity contribution in [1.29, 1.82) is 0 Å². The van der Waals surface area contributed by atoms with Gasteiger partial charge in [-0.15, -0.1) is 0 Å². The maximum Gasteiger partial charge on any atom is 0.234 e. The molecule has 2 unspecified atom stereocenters. The maximum absolute atomic E-state index is 5.92. The fourth-order valence-corrected chi connectivity index (χ4v) is 6.39. The van der Waals surface area contributed by atoms with E-state index in [2.05, 4.69) is 16.3 Å². The smallest absolute Gasteiger partial charge is 0.209 e. The SMILES string of the molecule is CC12CC3CC(C1)CC(c1nc(Cl)ns1)(C3)C2. The van der Waals surface area contributed by atoms with Gasteiger partial charge in [0.1, 0.15) is 5.01 Å². The largest absolute Gasteiger partial charge is 0.234 e. The molecule has 17 heavy (non-hydrogen) atoms. The van der Waals surface area contributed by atoms with E-state index in [-0.39, 0.29) is 0 Å². The molecule has 4 saturated carbocycles. The summed E-state index contributed by atoms with van der Waals surface area (Å²) in [5.74, 6) is 1.87. The first-order valence-corrected chi connectivity index (χ1v) is 7.72. The van der Waals surface area contributed by atoms with E-state index in [9.17, 15) is 0 Å². The lowest BCUT2D eigenvalue weighted by molar-refractivity contribution is -0.0616. The van der Waals surface area contributed by atoms with Gasteiger partial charge in [0.2, 0.25) is 5.28 Å². The molecule has 0 saturated heterocycles.